The quantitative estimate of drug-likeness (QED) is 0.739. The van der Waals surface area contributed by atoms with Gasteiger partial charge in [0, 0.05) is 24.6 Å². The van der Waals surface area contributed by atoms with Crippen molar-refractivity contribution in [2.24, 2.45) is 0 Å². The van der Waals surface area contributed by atoms with Gasteiger partial charge < -0.3 is 9.90 Å². The van der Waals surface area contributed by atoms with Crippen LogP contribution in [-0.2, 0) is 17.6 Å². The normalized spacial score (nSPS) is 12.4. The Balaban J connectivity index is 1.99. The van der Waals surface area contributed by atoms with Gasteiger partial charge in [-0.25, -0.2) is 9.50 Å². The standard InChI is InChI=1S/C19H19N3O3/c1-13(23)7-10-16(24)18-17(25)11-15(22-19(18)20-12-21-22)9-8-14-5-3-2-4-6-14/h2-6,11-12,24H,7-10H2,1H3. The number of benzene rings is 1. The van der Waals surface area contributed by atoms with Crippen molar-refractivity contribution in [1.82, 2.24) is 14.6 Å². The molecule has 0 bridgehead atoms. The molecule has 2 aromatic heterocycles. The Hall–Kier alpha value is -3.02. The summed E-state index contributed by atoms with van der Waals surface area (Å²) >= 11 is 0. The van der Waals surface area contributed by atoms with Crippen molar-refractivity contribution in [1.29, 1.82) is 0 Å². The molecule has 0 aliphatic carbocycles. The summed E-state index contributed by atoms with van der Waals surface area (Å²) in [5.41, 5.74) is 1.94. The van der Waals surface area contributed by atoms with E-state index in [0.717, 1.165) is 12.1 Å². The van der Waals surface area contributed by atoms with Gasteiger partial charge in [0.1, 0.15) is 23.1 Å². The maximum atomic E-state index is 12.5. The summed E-state index contributed by atoms with van der Waals surface area (Å²) in [5.74, 6) is -0.163. The molecule has 0 unspecified atom stereocenters. The van der Waals surface area contributed by atoms with Crippen LogP contribution in [0.3, 0.4) is 0 Å². The van der Waals surface area contributed by atoms with Crippen LogP contribution in [0.1, 0.15) is 31.0 Å². The molecule has 0 radical (unpaired) electrons. The Bertz CT molecular complexity index is 1010. The van der Waals surface area contributed by atoms with Gasteiger partial charge in [-0.2, -0.15) is 5.10 Å². The van der Waals surface area contributed by atoms with Gasteiger partial charge >= 0.3 is 0 Å². The van der Waals surface area contributed by atoms with Crippen LogP contribution >= 0.6 is 0 Å². The minimum Gasteiger partial charge on any atom is -0.511 e. The minimum atomic E-state index is -0.301. The predicted octanol–water partition coefficient (Wildman–Crippen LogP) is 1.63. The van der Waals surface area contributed by atoms with Crippen molar-refractivity contribution in [3.63, 3.8) is 0 Å². The van der Waals surface area contributed by atoms with Crippen LogP contribution in [0.5, 0.6) is 0 Å². The highest BCUT2D eigenvalue weighted by Crippen LogP contribution is 2.07. The molecule has 1 aromatic carbocycles. The Morgan fingerprint density at radius 2 is 1.92 bits per heavy atom. The first-order valence-electron chi connectivity index (χ1n) is 8.17. The molecule has 0 saturated heterocycles. The summed E-state index contributed by atoms with van der Waals surface area (Å²) in [6.07, 6.45) is 3.07. The highest BCUT2D eigenvalue weighted by Gasteiger charge is 2.12. The summed E-state index contributed by atoms with van der Waals surface area (Å²) in [7, 11) is 0. The Morgan fingerprint density at radius 1 is 1.16 bits per heavy atom. The van der Waals surface area contributed by atoms with Crippen LogP contribution in [0, 0.1) is 0 Å². The van der Waals surface area contributed by atoms with E-state index in [1.807, 2.05) is 30.3 Å². The molecule has 0 spiro atoms. The number of nitrogens with zero attached hydrogens (tertiary/aromatic N) is 3. The van der Waals surface area contributed by atoms with E-state index >= 15 is 0 Å². The summed E-state index contributed by atoms with van der Waals surface area (Å²) < 4.78 is 1.59. The number of aromatic nitrogens is 3. The third-order valence-electron chi connectivity index (χ3n) is 4.10. The van der Waals surface area contributed by atoms with Gasteiger partial charge in [0.05, 0.1) is 0 Å². The van der Waals surface area contributed by atoms with Crippen LogP contribution in [0.4, 0.5) is 0 Å². The lowest BCUT2D eigenvalue weighted by atomic mass is 10.1. The van der Waals surface area contributed by atoms with Crippen molar-refractivity contribution in [2.75, 3.05) is 0 Å². The fraction of sp³-hybridized carbons (Fsp3) is 0.263. The first-order valence-corrected chi connectivity index (χ1v) is 8.17. The lowest BCUT2D eigenvalue weighted by Crippen LogP contribution is -2.31. The molecule has 3 rings (SSSR count). The first-order chi connectivity index (χ1) is 12.1. The number of hydrogen-bond donors (Lipinski definition) is 1. The zero-order valence-electron chi connectivity index (χ0n) is 14.0. The SMILES string of the molecule is CC(=O)CCC(O)=c1c(=O)cc(CCc2ccccc2)n2ncnc12. The lowest BCUT2D eigenvalue weighted by molar-refractivity contribution is -0.116. The number of Topliss-reactive ketones (excluding diaryl/α,β-unsaturated/α-hetero) is 1. The van der Waals surface area contributed by atoms with Crippen molar-refractivity contribution in [3.8, 4) is 0 Å². The third kappa shape index (κ3) is 3.74. The number of carbonyl (C=O) groups is 1. The molecular formula is C19H19N3O3. The number of pyridine rings is 1. The highest BCUT2D eigenvalue weighted by molar-refractivity contribution is 5.76. The lowest BCUT2D eigenvalue weighted by Gasteiger charge is -2.06. The van der Waals surface area contributed by atoms with Crippen LogP contribution in [-0.4, -0.2) is 25.5 Å². The molecule has 0 amide bonds. The highest BCUT2D eigenvalue weighted by atomic mass is 16.3. The van der Waals surface area contributed by atoms with E-state index in [0.29, 0.717) is 12.1 Å². The van der Waals surface area contributed by atoms with E-state index in [-0.39, 0.29) is 35.0 Å². The Labute approximate surface area is 144 Å². The van der Waals surface area contributed by atoms with Crippen molar-refractivity contribution >= 4 is 17.2 Å². The van der Waals surface area contributed by atoms with Crippen LogP contribution in [0.25, 0.3) is 11.4 Å². The predicted molar refractivity (Wildman–Crippen MR) is 94.3 cm³/mol. The van der Waals surface area contributed by atoms with E-state index < -0.39 is 0 Å². The zero-order chi connectivity index (χ0) is 17.8. The van der Waals surface area contributed by atoms with Crippen LogP contribution in [0.2, 0.25) is 0 Å². The average Bonchev–Trinajstić information content (AvgIpc) is 3.08. The number of fused-ring (bicyclic) bond motifs is 1. The molecule has 0 atom stereocenters. The maximum Gasteiger partial charge on any atom is 0.194 e. The summed E-state index contributed by atoms with van der Waals surface area (Å²) in [6, 6.07) is 11.5. The van der Waals surface area contributed by atoms with E-state index in [1.54, 1.807) is 4.52 Å². The van der Waals surface area contributed by atoms with Gasteiger partial charge in [-0.3, -0.25) is 4.79 Å². The summed E-state index contributed by atoms with van der Waals surface area (Å²) in [5, 5.41) is 14.6. The number of aryl methyl sites for hydroxylation is 2. The molecule has 2 heterocycles. The van der Waals surface area contributed by atoms with Gasteiger partial charge in [0.15, 0.2) is 11.1 Å². The van der Waals surface area contributed by atoms with E-state index in [2.05, 4.69) is 10.1 Å². The molecule has 128 valence electrons. The number of aliphatic hydroxyl groups excluding tert-OH is 1. The summed E-state index contributed by atoms with van der Waals surface area (Å²) in [4.78, 5) is 27.7. The van der Waals surface area contributed by atoms with Gasteiger partial charge in [-0.05, 0) is 25.3 Å². The molecule has 6 nitrogen and oxygen atoms in total. The molecule has 0 fully saturated rings. The molecule has 0 aliphatic rings. The van der Waals surface area contributed by atoms with Crippen LogP contribution in [0.15, 0.2) is 47.5 Å². The average molecular weight is 337 g/mol. The van der Waals surface area contributed by atoms with Gasteiger partial charge in [-0.15, -0.1) is 0 Å². The maximum absolute atomic E-state index is 12.5. The molecule has 0 saturated carbocycles. The summed E-state index contributed by atoms with van der Waals surface area (Å²) in [6.45, 7) is 1.45. The second-order valence-corrected chi connectivity index (χ2v) is 6.00. The number of aliphatic hydroxyl groups is 1. The second kappa shape index (κ2) is 7.25. The first kappa shape index (κ1) is 16.8. The number of rotatable bonds is 6. The molecular weight excluding hydrogens is 318 g/mol. The monoisotopic (exact) mass is 337 g/mol. The molecule has 6 heteroatoms. The van der Waals surface area contributed by atoms with Crippen LogP contribution < -0.4 is 10.6 Å². The van der Waals surface area contributed by atoms with Gasteiger partial charge in [0.25, 0.3) is 0 Å². The van der Waals surface area contributed by atoms with Gasteiger partial charge in [0.2, 0.25) is 0 Å². The number of ketones is 1. The topological polar surface area (TPSA) is 84.6 Å². The molecule has 3 aromatic rings. The fourth-order valence-corrected chi connectivity index (χ4v) is 2.80. The smallest absolute Gasteiger partial charge is 0.194 e. The number of carbonyl (C=O) groups excluding carboxylic acids is 1. The molecule has 1 N–H and O–H groups in total. The second-order valence-electron chi connectivity index (χ2n) is 6.00. The largest absolute Gasteiger partial charge is 0.511 e. The zero-order valence-corrected chi connectivity index (χ0v) is 14.0. The number of hydrogen-bond acceptors (Lipinski definition) is 5. The van der Waals surface area contributed by atoms with E-state index in [9.17, 15) is 14.7 Å². The van der Waals surface area contributed by atoms with Crippen molar-refractivity contribution < 1.29 is 9.90 Å². The fourth-order valence-electron chi connectivity index (χ4n) is 2.80. The minimum absolute atomic E-state index is 0.0454. The van der Waals surface area contributed by atoms with Gasteiger partial charge in [-0.1, -0.05) is 30.3 Å². The van der Waals surface area contributed by atoms with E-state index in [4.69, 9.17) is 0 Å². The molecule has 0 aliphatic heterocycles. The van der Waals surface area contributed by atoms with E-state index in [1.165, 1.54) is 24.9 Å². The molecule has 25 heavy (non-hydrogen) atoms. The Morgan fingerprint density at radius 3 is 2.64 bits per heavy atom. The third-order valence-corrected chi connectivity index (χ3v) is 4.10. The van der Waals surface area contributed by atoms with Crippen molar-refractivity contribution in [3.05, 3.63) is 69.4 Å². The Kier molecular flexibility index (Phi) is 4.88. The van der Waals surface area contributed by atoms with Crippen molar-refractivity contribution in [2.45, 2.75) is 32.6 Å².